The van der Waals surface area contributed by atoms with E-state index in [9.17, 15) is 4.79 Å². The van der Waals surface area contributed by atoms with Crippen molar-refractivity contribution in [3.63, 3.8) is 0 Å². The van der Waals surface area contributed by atoms with Crippen molar-refractivity contribution in [2.75, 3.05) is 25.1 Å². The Morgan fingerprint density at radius 2 is 1.84 bits per heavy atom. The van der Waals surface area contributed by atoms with Gasteiger partial charge < -0.3 is 4.90 Å². The smallest absolute Gasteiger partial charge is 0.232 e. The number of nitrogens with zero attached hydrogens (tertiary/aromatic N) is 4. The lowest BCUT2D eigenvalue weighted by Crippen LogP contribution is -2.36. The average Bonchev–Trinajstić information content (AvgIpc) is 3.42. The molecule has 0 bridgehead atoms. The lowest BCUT2D eigenvalue weighted by Gasteiger charge is -2.26. The molecule has 4 heterocycles. The molecule has 1 amide bonds. The van der Waals surface area contributed by atoms with E-state index in [1.165, 1.54) is 35.0 Å². The molecule has 0 spiro atoms. The van der Waals surface area contributed by atoms with Gasteiger partial charge in [0.05, 0.1) is 16.0 Å². The van der Waals surface area contributed by atoms with Gasteiger partial charge in [0.25, 0.3) is 0 Å². The molecule has 1 fully saturated rings. The molecule has 8 heteroatoms. The van der Waals surface area contributed by atoms with Crippen molar-refractivity contribution in [3.05, 3.63) is 16.8 Å². The van der Waals surface area contributed by atoms with Gasteiger partial charge in [0.2, 0.25) is 5.91 Å². The number of carbonyl (C=O) groups excluding carboxylic acids is 1. The van der Waals surface area contributed by atoms with Crippen LogP contribution in [0.3, 0.4) is 0 Å². The lowest BCUT2D eigenvalue weighted by molar-refractivity contribution is -0.129. The molecule has 1 saturated heterocycles. The fraction of sp³-hybridized carbons (Fsp3) is 0.583. The van der Waals surface area contributed by atoms with Crippen molar-refractivity contribution in [2.45, 2.75) is 69.0 Å². The van der Waals surface area contributed by atoms with Gasteiger partial charge in [-0.3, -0.25) is 4.79 Å². The van der Waals surface area contributed by atoms with E-state index >= 15 is 0 Å². The van der Waals surface area contributed by atoms with Crippen LogP contribution in [0.1, 0.15) is 56.4 Å². The number of fused-ring (bicyclic) bond motifs is 5. The van der Waals surface area contributed by atoms with Gasteiger partial charge >= 0.3 is 0 Å². The number of amides is 1. The quantitative estimate of drug-likeness (QED) is 0.251. The molecule has 0 saturated carbocycles. The van der Waals surface area contributed by atoms with E-state index in [0.29, 0.717) is 11.7 Å². The van der Waals surface area contributed by atoms with Crippen molar-refractivity contribution < 1.29 is 4.79 Å². The minimum Gasteiger partial charge on any atom is -0.342 e. The van der Waals surface area contributed by atoms with Crippen LogP contribution in [-0.4, -0.2) is 50.9 Å². The SMILES string of the molecule is CSc1nc(SCC(=O)N2CCCCC2)c2sc3nc(CC(C)C)c4c(c3c2n1)CCC4. The second-order valence-corrected chi connectivity index (χ2v) is 11.9. The highest BCUT2D eigenvalue weighted by Gasteiger charge is 2.26. The third kappa shape index (κ3) is 4.26. The Kier molecular flexibility index (Phi) is 6.63. The summed E-state index contributed by atoms with van der Waals surface area (Å²) in [6, 6.07) is 0. The molecule has 0 aromatic carbocycles. The zero-order valence-electron chi connectivity index (χ0n) is 19.1. The van der Waals surface area contributed by atoms with Crippen molar-refractivity contribution in [2.24, 2.45) is 5.92 Å². The van der Waals surface area contributed by atoms with Crippen LogP contribution in [0.15, 0.2) is 10.2 Å². The van der Waals surface area contributed by atoms with E-state index in [2.05, 4.69) is 13.8 Å². The monoisotopic (exact) mass is 486 g/mol. The number of aryl methyl sites for hydroxylation is 1. The van der Waals surface area contributed by atoms with Gasteiger partial charge in [-0.1, -0.05) is 37.4 Å². The van der Waals surface area contributed by atoms with Crippen molar-refractivity contribution in [1.29, 1.82) is 0 Å². The second-order valence-electron chi connectivity index (χ2n) is 9.17. The fourth-order valence-electron chi connectivity index (χ4n) is 4.91. The number of pyridine rings is 1. The summed E-state index contributed by atoms with van der Waals surface area (Å²) in [6.07, 6.45) is 9.97. The molecule has 1 aliphatic carbocycles. The third-order valence-corrected chi connectivity index (χ3v) is 9.11. The van der Waals surface area contributed by atoms with Gasteiger partial charge in [0, 0.05) is 24.2 Å². The van der Waals surface area contributed by atoms with E-state index < -0.39 is 0 Å². The first-order chi connectivity index (χ1) is 15.5. The van der Waals surface area contributed by atoms with Crippen LogP contribution in [-0.2, 0) is 24.1 Å². The first-order valence-electron chi connectivity index (χ1n) is 11.6. The third-order valence-electron chi connectivity index (χ3n) is 6.39. The summed E-state index contributed by atoms with van der Waals surface area (Å²) in [5.74, 6) is 1.26. The number of carbonyl (C=O) groups is 1. The number of rotatable bonds is 6. The predicted molar refractivity (Wildman–Crippen MR) is 136 cm³/mol. The molecule has 0 atom stereocenters. The normalized spacial score (nSPS) is 16.4. The van der Waals surface area contributed by atoms with E-state index in [1.807, 2.05) is 11.2 Å². The summed E-state index contributed by atoms with van der Waals surface area (Å²) in [5.41, 5.74) is 5.24. The Hall–Kier alpha value is -1.38. The van der Waals surface area contributed by atoms with Crippen LogP contribution in [0.5, 0.6) is 0 Å². The van der Waals surface area contributed by atoms with E-state index in [-0.39, 0.29) is 5.91 Å². The van der Waals surface area contributed by atoms with Gasteiger partial charge in [-0.2, -0.15) is 0 Å². The number of likely N-dealkylation sites (tertiary alicyclic amines) is 1. The molecule has 1 aliphatic heterocycles. The highest BCUT2D eigenvalue weighted by Crippen LogP contribution is 2.43. The Labute approximate surface area is 202 Å². The number of hydrogen-bond acceptors (Lipinski definition) is 7. The zero-order valence-corrected chi connectivity index (χ0v) is 21.5. The van der Waals surface area contributed by atoms with Crippen LogP contribution in [0.2, 0.25) is 0 Å². The molecule has 0 N–H and O–H groups in total. The topological polar surface area (TPSA) is 59.0 Å². The second kappa shape index (κ2) is 9.47. The molecule has 3 aromatic rings. The van der Waals surface area contributed by atoms with Crippen LogP contribution in [0.25, 0.3) is 20.4 Å². The number of piperidine rings is 1. The maximum atomic E-state index is 12.8. The predicted octanol–water partition coefficient (Wildman–Crippen LogP) is 5.75. The summed E-state index contributed by atoms with van der Waals surface area (Å²) >= 11 is 4.85. The highest BCUT2D eigenvalue weighted by molar-refractivity contribution is 8.00. The number of thioether (sulfide) groups is 2. The molecule has 5 nitrogen and oxygen atoms in total. The molecule has 5 rings (SSSR count). The summed E-state index contributed by atoms with van der Waals surface area (Å²) in [5, 5.41) is 2.96. The molecule has 0 unspecified atom stereocenters. The number of hydrogen-bond donors (Lipinski definition) is 0. The minimum atomic E-state index is 0.228. The summed E-state index contributed by atoms with van der Waals surface area (Å²) in [4.78, 5) is 30.8. The standard InChI is InChI=1S/C24H30N4OS3/c1-14(2)12-17-15-8-7-9-16(15)19-20-21(32-22(19)25-17)23(27-24(26-20)30-3)31-13-18(29)28-10-5-4-6-11-28/h14H,4-13H2,1-3H3. The van der Waals surface area contributed by atoms with Gasteiger partial charge in [-0.25, -0.2) is 15.0 Å². The van der Waals surface area contributed by atoms with E-state index in [0.717, 1.165) is 70.4 Å². The Morgan fingerprint density at radius 3 is 2.59 bits per heavy atom. The van der Waals surface area contributed by atoms with Gasteiger partial charge in [-0.05, 0) is 68.2 Å². The first-order valence-corrected chi connectivity index (χ1v) is 14.7. The summed E-state index contributed by atoms with van der Waals surface area (Å²) in [6.45, 7) is 6.32. The molecule has 2 aliphatic rings. The first kappa shape index (κ1) is 22.4. The summed E-state index contributed by atoms with van der Waals surface area (Å²) in [7, 11) is 0. The van der Waals surface area contributed by atoms with Crippen molar-refractivity contribution in [3.8, 4) is 0 Å². The van der Waals surface area contributed by atoms with Gasteiger partial charge in [0.1, 0.15) is 9.86 Å². The van der Waals surface area contributed by atoms with Crippen LogP contribution in [0.4, 0.5) is 0 Å². The van der Waals surface area contributed by atoms with Crippen LogP contribution >= 0.6 is 34.9 Å². The zero-order chi connectivity index (χ0) is 22.2. The molecule has 170 valence electrons. The lowest BCUT2D eigenvalue weighted by atomic mass is 9.99. The van der Waals surface area contributed by atoms with Crippen molar-refractivity contribution in [1.82, 2.24) is 19.9 Å². The average molecular weight is 487 g/mol. The molecule has 0 radical (unpaired) electrons. The summed E-state index contributed by atoms with van der Waals surface area (Å²) < 4.78 is 1.09. The fourth-order valence-corrected chi connectivity index (χ4v) is 7.50. The maximum Gasteiger partial charge on any atom is 0.232 e. The Morgan fingerprint density at radius 1 is 1.06 bits per heavy atom. The highest BCUT2D eigenvalue weighted by atomic mass is 32.2. The largest absolute Gasteiger partial charge is 0.342 e. The van der Waals surface area contributed by atoms with E-state index in [4.69, 9.17) is 15.0 Å². The molecule has 32 heavy (non-hydrogen) atoms. The van der Waals surface area contributed by atoms with Crippen LogP contribution < -0.4 is 0 Å². The van der Waals surface area contributed by atoms with Gasteiger partial charge in [-0.15, -0.1) is 11.3 Å². The molecular formula is C24H30N4OS3. The Balaban J connectivity index is 1.56. The minimum absolute atomic E-state index is 0.228. The van der Waals surface area contributed by atoms with Gasteiger partial charge in [0.15, 0.2) is 5.16 Å². The number of aromatic nitrogens is 3. The van der Waals surface area contributed by atoms with Crippen LogP contribution in [0, 0.1) is 5.92 Å². The van der Waals surface area contributed by atoms with Crippen molar-refractivity contribution >= 4 is 61.2 Å². The van der Waals surface area contributed by atoms with E-state index in [1.54, 1.807) is 34.9 Å². The molecule has 3 aromatic heterocycles. The molecular weight excluding hydrogens is 456 g/mol. The maximum absolute atomic E-state index is 12.8. The Bertz CT molecular complexity index is 1170. The number of thiophene rings is 1.